The lowest BCUT2D eigenvalue weighted by Gasteiger charge is -2.02. The van der Waals surface area contributed by atoms with Gasteiger partial charge in [-0.1, -0.05) is 12.1 Å². The molecule has 26 heavy (non-hydrogen) atoms. The molecule has 0 saturated carbocycles. The topological polar surface area (TPSA) is 89.6 Å². The van der Waals surface area contributed by atoms with Gasteiger partial charge >= 0.3 is 0 Å². The monoisotopic (exact) mass is 366 g/mol. The van der Waals surface area contributed by atoms with E-state index in [4.69, 9.17) is 10.5 Å². The average Bonchev–Trinajstić information content (AvgIpc) is 3.12. The molecule has 132 valence electrons. The van der Waals surface area contributed by atoms with Crippen molar-refractivity contribution >= 4 is 34.2 Å². The highest BCUT2D eigenvalue weighted by atomic mass is 32.1. The zero-order valence-electron chi connectivity index (χ0n) is 14.4. The van der Waals surface area contributed by atoms with E-state index >= 15 is 0 Å². The quantitative estimate of drug-likeness (QED) is 0.297. The lowest BCUT2D eigenvalue weighted by molar-refractivity contribution is 0.101. The number of nitrogen functional groups attached to an aromatic ring is 1. The molecule has 2 aromatic carbocycles. The Morgan fingerprint density at radius 2 is 2.04 bits per heavy atom. The van der Waals surface area contributed by atoms with Crippen LogP contribution in [-0.2, 0) is 0 Å². The largest absolute Gasteiger partial charge is 0.497 e. The van der Waals surface area contributed by atoms with E-state index in [0.717, 1.165) is 22.6 Å². The maximum absolute atomic E-state index is 11.3. The van der Waals surface area contributed by atoms with Gasteiger partial charge in [0.25, 0.3) is 0 Å². The van der Waals surface area contributed by atoms with Crippen molar-refractivity contribution in [3.63, 3.8) is 0 Å². The summed E-state index contributed by atoms with van der Waals surface area (Å²) in [7, 11) is 1.64. The number of hydrogen-bond donors (Lipinski definition) is 2. The number of nitrogens with zero attached hydrogens (tertiary/aromatic N) is 2. The lowest BCUT2D eigenvalue weighted by Crippen LogP contribution is -1.99. The van der Waals surface area contributed by atoms with Crippen LogP contribution in [-0.4, -0.2) is 24.1 Å². The zero-order chi connectivity index (χ0) is 18.5. The standard InChI is InChI=1S/C19H18N4O2S/c1-12(24)14-3-4-15(17(20)9-14)10-21-23-19-22-18(11-26-19)13-5-7-16(25-2)8-6-13/h3-11H,20H2,1-2H3,(H,22,23)/b21-10+. The van der Waals surface area contributed by atoms with Crippen molar-refractivity contribution in [2.75, 3.05) is 18.3 Å². The van der Waals surface area contributed by atoms with E-state index in [0.29, 0.717) is 16.4 Å². The van der Waals surface area contributed by atoms with Crippen LogP contribution in [0.5, 0.6) is 5.75 Å². The molecule has 1 aromatic heterocycles. The summed E-state index contributed by atoms with van der Waals surface area (Å²) in [4.78, 5) is 15.9. The van der Waals surface area contributed by atoms with Crippen molar-refractivity contribution in [3.8, 4) is 17.0 Å². The Labute approximate surface area is 155 Å². The van der Waals surface area contributed by atoms with Crippen LogP contribution in [0.1, 0.15) is 22.8 Å². The Morgan fingerprint density at radius 1 is 1.27 bits per heavy atom. The van der Waals surface area contributed by atoms with E-state index in [2.05, 4.69) is 15.5 Å². The van der Waals surface area contributed by atoms with Gasteiger partial charge in [0, 0.05) is 27.8 Å². The number of aromatic nitrogens is 1. The van der Waals surface area contributed by atoms with Crippen LogP contribution < -0.4 is 15.9 Å². The van der Waals surface area contributed by atoms with Gasteiger partial charge in [0.1, 0.15) is 5.75 Å². The number of nitrogens with one attached hydrogen (secondary N) is 1. The van der Waals surface area contributed by atoms with Crippen molar-refractivity contribution in [1.29, 1.82) is 0 Å². The number of ketones is 1. The molecule has 0 radical (unpaired) electrons. The number of ether oxygens (including phenoxy) is 1. The summed E-state index contributed by atoms with van der Waals surface area (Å²) in [6.07, 6.45) is 1.60. The van der Waals surface area contributed by atoms with Gasteiger partial charge in [0.05, 0.1) is 19.0 Å². The Balaban J connectivity index is 1.67. The molecule has 0 unspecified atom stereocenters. The SMILES string of the molecule is COc1ccc(-c2csc(N/N=C/c3ccc(C(C)=O)cc3N)n2)cc1. The molecule has 0 bridgehead atoms. The van der Waals surface area contributed by atoms with Crippen molar-refractivity contribution in [2.45, 2.75) is 6.92 Å². The molecule has 0 spiro atoms. The maximum Gasteiger partial charge on any atom is 0.203 e. The highest BCUT2D eigenvalue weighted by Gasteiger charge is 2.05. The Bertz CT molecular complexity index is 948. The predicted octanol–water partition coefficient (Wildman–Crippen LogP) is 4.05. The van der Waals surface area contributed by atoms with Gasteiger partial charge in [0.15, 0.2) is 5.78 Å². The summed E-state index contributed by atoms with van der Waals surface area (Å²) >= 11 is 1.46. The van der Waals surface area contributed by atoms with Crippen LogP contribution in [0.3, 0.4) is 0 Å². The molecule has 0 saturated heterocycles. The molecule has 0 aliphatic carbocycles. The third-order valence-corrected chi connectivity index (χ3v) is 4.49. The highest BCUT2D eigenvalue weighted by Crippen LogP contribution is 2.26. The number of benzene rings is 2. The minimum Gasteiger partial charge on any atom is -0.497 e. The first kappa shape index (κ1) is 17.6. The summed E-state index contributed by atoms with van der Waals surface area (Å²) in [6, 6.07) is 12.8. The molecule has 3 N–H and O–H groups in total. The van der Waals surface area contributed by atoms with Crippen LogP contribution in [0.15, 0.2) is 52.9 Å². The third kappa shape index (κ3) is 4.07. The number of thiazole rings is 1. The van der Waals surface area contributed by atoms with Gasteiger partial charge in [-0.15, -0.1) is 11.3 Å². The zero-order valence-corrected chi connectivity index (χ0v) is 15.2. The number of hydrazone groups is 1. The number of hydrogen-bond acceptors (Lipinski definition) is 7. The van der Waals surface area contributed by atoms with Crippen LogP contribution in [0.2, 0.25) is 0 Å². The number of carbonyl (C=O) groups excluding carboxylic acids is 1. The van der Waals surface area contributed by atoms with Gasteiger partial charge < -0.3 is 10.5 Å². The van der Waals surface area contributed by atoms with Gasteiger partial charge in [-0.2, -0.15) is 5.10 Å². The summed E-state index contributed by atoms with van der Waals surface area (Å²) < 4.78 is 5.16. The molecule has 7 heteroatoms. The lowest BCUT2D eigenvalue weighted by atomic mass is 10.1. The Kier molecular flexibility index (Phi) is 5.28. The molecule has 0 atom stereocenters. The van der Waals surface area contributed by atoms with Crippen molar-refractivity contribution in [3.05, 3.63) is 59.0 Å². The predicted molar refractivity (Wildman–Crippen MR) is 106 cm³/mol. The summed E-state index contributed by atoms with van der Waals surface area (Å²) in [5.41, 5.74) is 12.5. The van der Waals surface area contributed by atoms with Crippen molar-refractivity contribution in [1.82, 2.24) is 4.98 Å². The van der Waals surface area contributed by atoms with Crippen LogP contribution in [0.4, 0.5) is 10.8 Å². The number of methoxy groups -OCH3 is 1. The van der Waals surface area contributed by atoms with E-state index < -0.39 is 0 Å². The van der Waals surface area contributed by atoms with Crippen LogP contribution in [0.25, 0.3) is 11.3 Å². The highest BCUT2D eigenvalue weighted by molar-refractivity contribution is 7.14. The second-order valence-corrected chi connectivity index (χ2v) is 6.39. The minimum absolute atomic E-state index is 0.0211. The van der Waals surface area contributed by atoms with Gasteiger partial charge in [0.2, 0.25) is 5.13 Å². The fourth-order valence-electron chi connectivity index (χ4n) is 2.29. The van der Waals surface area contributed by atoms with Gasteiger partial charge in [-0.25, -0.2) is 4.98 Å². The normalized spacial score (nSPS) is 10.8. The van der Waals surface area contributed by atoms with E-state index in [1.165, 1.54) is 18.3 Å². The molecule has 0 amide bonds. The second kappa shape index (κ2) is 7.79. The summed E-state index contributed by atoms with van der Waals surface area (Å²) in [5, 5.41) is 6.80. The first-order chi connectivity index (χ1) is 12.6. The molecular weight excluding hydrogens is 348 g/mol. The molecule has 0 aliphatic rings. The first-order valence-corrected chi connectivity index (χ1v) is 8.74. The van der Waals surface area contributed by atoms with E-state index in [-0.39, 0.29) is 5.78 Å². The summed E-state index contributed by atoms with van der Waals surface area (Å²) in [6.45, 7) is 1.51. The number of Topliss-reactive ketones (excluding diaryl/α,β-unsaturated/α-hetero) is 1. The number of rotatable bonds is 6. The molecule has 0 fully saturated rings. The number of anilines is 2. The van der Waals surface area contributed by atoms with Crippen molar-refractivity contribution in [2.24, 2.45) is 5.10 Å². The molecule has 3 aromatic rings. The van der Waals surface area contributed by atoms with E-state index in [9.17, 15) is 4.79 Å². The number of carbonyl (C=O) groups is 1. The van der Waals surface area contributed by atoms with Crippen LogP contribution in [0, 0.1) is 0 Å². The van der Waals surface area contributed by atoms with E-state index in [1.54, 1.807) is 31.5 Å². The summed E-state index contributed by atoms with van der Waals surface area (Å²) in [5.74, 6) is 0.785. The van der Waals surface area contributed by atoms with Gasteiger partial charge in [-0.05, 0) is 37.3 Å². The second-order valence-electron chi connectivity index (χ2n) is 5.54. The molecular formula is C19H18N4O2S. The van der Waals surface area contributed by atoms with Crippen LogP contribution >= 0.6 is 11.3 Å². The minimum atomic E-state index is -0.0211. The molecule has 0 aliphatic heterocycles. The fraction of sp³-hybridized carbons (Fsp3) is 0.105. The smallest absolute Gasteiger partial charge is 0.203 e. The Hall–Kier alpha value is -3.19. The van der Waals surface area contributed by atoms with Crippen molar-refractivity contribution < 1.29 is 9.53 Å². The Morgan fingerprint density at radius 3 is 2.69 bits per heavy atom. The molecule has 1 heterocycles. The fourth-order valence-corrected chi connectivity index (χ4v) is 2.96. The maximum atomic E-state index is 11.3. The number of nitrogens with two attached hydrogens (primary N) is 1. The first-order valence-electron chi connectivity index (χ1n) is 7.86. The molecule has 6 nitrogen and oxygen atoms in total. The molecule has 3 rings (SSSR count). The third-order valence-electron chi connectivity index (χ3n) is 3.75. The van der Waals surface area contributed by atoms with E-state index in [1.807, 2.05) is 29.6 Å². The average molecular weight is 366 g/mol. The van der Waals surface area contributed by atoms with Gasteiger partial charge in [-0.3, -0.25) is 10.2 Å².